The minimum absolute atomic E-state index is 0.204. The molecule has 28 heavy (non-hydrogen) atoms. The lowest BCUT2D eigenvalue weighted by molar-refractivity contribution is -0.155. The molecule has 4 aliphatic rings. The van der Waals surface area contributed by atoms with E-state index in [1.165, 1.54) is 0 Å². The standard InChI is InChI=1S/C21H33N5O2/c1-23-7-3-4-21(20(27)26-10-16-14-28-15-17(16)11-26)5-8-25(12-18(21)23)13-19-22-6-9-24(19)2/h6,9,16-18H,3-5,7-8,10-15H2,1-2H3/t16-,17+,18-,21+/m0/s1. The normalized spacial score (nSPS) is 36.5. The van der Waals surface area contributed by atoms with E-state index in [4.69, 9.17) is 4.74 Å². The lowest BCUT2D eigenvalue weighted by Crippen LogP contribution is -2.65. The first kappa shape index (κ1) is 18.6. The summed E-state index contributed by atoms with van der Waals surface area (Å²) < 4.78 is 7.72. The Balaban J connectivity index is 1.34. The van der Waals surface area contributed by atoms with Crippen molar-refractivity contribution in [3.8, 4) is 0 Å². The largest absolute Gasteiger partial charge is 0.381 e. The van der Waals surface area contributed by atoms with E-state index in [2.05, 4.69) is 38.3 Å². The van der Waals surface area contributed by atoms with E-state index < -0.39 is 0 Å². The molecule has 5 heterocycles. The Morgan fingerprint density at radius 3 is 2.68 bits per heavy atom. The molecule has 1 amide bonds. The van der Waals surface area contributed by atoms with Crippen LogP contribution >= 0.6 is 0 Å². The number of rotatable bonds is 3. The predicted molar refractivity (Wildman–Crippen MR) is 106 cm³/mol. The molecule has 4 atom stereocenters. The van der Waals surface area contributed by atoms with Crippen LogP contribution in [0.15, 0.2) is 12.4 Å². The Bertz CT molecular complexity index is 724. The van der Waals surface area contributed by atoms with Crippen molar-refractivity contribution in [1.82, 2.24) is 24.3 Å². The molecule has 0 saturated carbocycles. The molecule has 0 spiro atoms. The molecule has 4 aliphatic heterocycles. The van der Waals surface area contributed by atoms with Crippen LogP contribution in [0.3, 0.4) is 0 Å². The Morgan fingerprint density at radius 2 is 1.96 bits per heavy atom. The number of nitrogens with zero attached hydrogens (tertiary/aromatic N) is 5. The van der Waals surface area contributed by atoms with Gasteiger partial charge in [0, 0.05) is 57.0 Å². The van der Waals surface area contributed by atoms with Gasteiger partial charge in [-0.15, -0.1) is 0 Å². The van der Waals surface area contributed by atoms with Crippen LogP contribution in [0.25, 0.3) is 0 Å². The molecule has 1 aromatic heterocycles. The molecular formula is C21H33N5O2. The maximum Gasteiger partial charge on any atom is 0.230 e. The van der Waals surface area contributed by atoms with E-state index in [9.17, 15) is 4.79 Å². The summed E-state index contributed by atoms with van der Waals surface area (Å²) >= 11 is 0. The molecule has 0 radical (unpaired) electrons. The number of ether oxygens (including phenoxy) is 1. The van der Waals surface area contributed by atoms with Crippen LogP contribution in [0, 0.1) is 17.3 Å². The second-order valence-electron chi connectivity index (χ2n) is 9.46. The highest BCUT2D eigenvalue weighted by atomic mass is 16.5. The summed E-state index contributed by atoms with van der Waals surface area (Å²) in [5.74, 6) is 2.65. The number of aromatic nitrogens is 2. The lowest BCUT2D eigenvalue weighted by atomic mass is 9.67. The number of aryl methyl sites for hydroxylation is 1. The molecule has 7 heteroatoms. The zero-order chi connectivity index (χ0) is 19.3. The number of likely N-dealkylation sites (N-methyl/N-ethyl adjacent to an activating group) is 1. The molecule has 7 nitrogen and oxygen atoms in total. The average molecular weight is 388 g/mol. The highest BCUT2D eigenvalue weighted by Crippen LogP contribution is 2.45. The molecule has 0 aromatic carbocycles. The van der Waals surface area contributed by atoms with Crippen molar-refractivity contribution in [1.29, 1.82) is 0 Å². The number of hydrogen-bond acceptors (Lipinski definition) is 5. The van der Waals surface area contributed by atoms with Crippen LogP contribution in [-0.4, -0.2) is 89.2 Å². The first-order valence-electron chi connectivity index (χ1n) is 10.8. The summed E-state index contributed by atoms with van der Waals surface area (Å²) in [6.45, 7) is 7.37. The Morgan fingerprint density at radius 1 is 1.18 bits per heavy atom. The maximum absolute atomic E-state index is 13.8. The molecule has 5 rings (SSSR count). The number of carbonyl (C=O) groups is 1. The quantitative estimate of drug-likeness (QED) is 0.768. The third kappa shape index (κ3) is 2.99. The van der Waals surface area contributed by atoms with E-state index in [-0.39, 0.29) is 5.41 Å². The summed E-state index contributed by atoms with van der Waals surface area (Å²) in [6, 6.07) is 0.305. The highest BCUT2D eigenvalue weighted by Gasteiger charge is 2.54. The van der Waals surface area contributed by atoms with Gasteiger partial charge >= 0.3 is 0 Å². The number of likely N-dealkylation sites (tertiary alicyclic amines) is 3. The number of fused-ring (bicyclic) bond motifs is 2. The second-order valence-corrected chi connectivity index (χ2v) is 9.46. The van der Waals surface area contributed by atoms with Gasteiger partial charge in [0.25, 0.3) is 0 Å². The first-order valence-corrected chi connectivity index (χ1v) is 10.8. The zero-order valence-electron chi connectivity index (χ0n) is 17.2. The molecule has 0 aliphatic carbocycles. The molecule has 0 unspecified atom stereocenters. The lowest BCUT2D eigenvalue weighted by Gasteiger charge is -2.54. The van der Waals surface area contributed by atoms with Gasteiger partial charge in [-0.25, -0.2) is 4.98 Å². The first-order chi connectivity index (χ1) is 13.6. The fourth-order valence-corrected chi connectivity index (χ4v) is 6.10. The van der Waals surface area contributed by atoms with Gasteiger partial charge in [-0.2, -0.15) is 0 Å². The van der Waals surface area contributed by atoms with E-state index in [0.29, 0.717) is 23.8 Å². The SMILES string of the molecule is CN1CCC[C@@]2(C(=O)N3C[C@H]4COC[C@H]4C3)CCN(Cc3nccn3C)C[C@H]12. The van der Waals surface area contributed by atoms with Gasteiger partial charge in [-0.1, -0.05) is 0 Å². The van der Waals surface area contributed by atoms with Crippen LogP contribution < -0.4 is 0 Å². The minimum atomic E-state index is -0.204. The van der Waals surface area contributed by atoms with Gasteiger partial charge in [-0.3, -0.25) is 9.69 Å². The van der Waals surface area contributed by atoms with Gasteiger partial charge in [-0.05, 0) is 39.4 Å². The minimum Gasteiger partial charge on any atom is -0.381 e. The van der Waals surface area contributed by atoms with E-state index in [1.54, 1.807) is 0 Å². The van der Waals surface area contributed by atoms with E-state index in [0.717, 1.165) is 77.6 Å². The fraction of sp³-hybridized carbons (Fsp3) is 0.810. The van der Waals surface area contributed by atoms with Crippen LogP contribution in [-0.2, 0) is 23.1 Å². The predicted octanol–water partition coefficient (Wildman–Crippen LogP) is 0.811. The van der Waals surface area contributed by atoms with Crippen LogP contribution in [0.4, 0.5) is 0 Å². The molecule has 0 N–H and O–H groups in total. The van der Waals surface area contributed by atoms with Gasteiger partial charge in [0.15, 0.2) is 0 Å². The number of hydrogen-bond donors (Lipinski definition) is 0. The van der Waals surface area contributed by atoms with Crippen LogP contribution in [0.5, 0.6) is 0 Å². The molecule has 4 fully saturated rings. The molecule has 0 bridgehead atoms. The zero-order valence-corrected chi connectivity index (χ0v) is 17.2. The number of carbonyl (C=O) groups excluding carboxylic acids is 1. The summed E-state index contributed by atoms with van der Waals surface area (Å²) in [5, 5.41) is 0. The Hall–Kier alpha value is -1.44. The van der Waals surface area contributed by atoms with Crippen molar-refractivity contribution < 1.29 is 9.53 Å². The van der Waals surface area contributed by atoms with Gasteiger partial charge in [0.2, 0.25) is 5.91 Å². The van der Waals surface area contributed by atoms with Gasteiger partial charge in [0.05, 0.1) is 25.2 Å². The Labute approximate surface area is 167 Å². The molecule has 1 aromatic rings. The topological polar surface area (TPSA) is 53.8 Å². The summed E-state index contributed by atoms with van der Waals surface area (Å²) in [5.41, 5.74) is -0.204. The van der Waals surface area contributed by atoms with Crippen molar-refractivity contribution in [2.24, 2.45) is 24.3 Å². The fourth-order valence-electron chi connectivity index (χ4n) is 6.10. The van der Waals surface area contributed by atoms with E-state index >= 15 is 0 Å². The summed E-state index contributed by atoms with van der Waals surface area (Å²) in [7, 11) is 4.27. The molecule has 4 saturated heterocycles. The Kier molecular flexibility index (Phi) is 4.72. The van der Waals surface area contributed by atoms with Gasteiger partial charge < -0.3 is 19.1 Å². The van der Waals surface area contributed by atoms with Crippen LogP contribution in [0.2, 0.25) is 0 Å². The third-order valence-electron chi connectivity index (χ3n) is 7.85. The number of piperidine rings is 2. The van der Waals surface area contributed by atoms with Crippen molar-refractivity contribution in [2.75, 3.05) is 53.0 Å². The molecule has 154 valence electrons. The average Bonchev–Trinajstić information content (AvgIpc) is 3.39. The highest BCUT2D eigenvalue weighted by molar-refractivity contribution is 5.84. The van der Waals surface area contributed by atoms with Crippen molar-refractivity contribution in [3.05, 3.63) is 18.2 Å². The third-order valence-corrected chi connectivity index (χ3v) is 7.85. The van der Waals surface area contributed by atoms with Crippen molar-refractivity contribution in [2.45, 2.75) is 31.8 Å². The number of imidazole rings is 1. The summed E-state index contributed by atoms with van der Waals surface area (Å²) in [6.07, 6.45) is 7.01. The van der Waals surface area contributed by atoms with E-state index in [1.807, 2.05) is 12.4 Å². The maximum atomic E-state index is 13.8. The number of amides is 1. The molecular weight excluding hydrogens is 354 g/mol. The van der Waals surface area contributed by atoms with Gasteiger partial charge in [0.1, 0.15) is 5.82 Å². The smallest absolute Gasteiger partial charge is 0.230 e. The van der Waals surface area contributed by atoms with Crippen LogP contribution in [0.1, 0.15) is 25.1 Å². The monoisotopic (exact) mass is 387 g/mol. The summed E-state index contributed by atoms with van der Waals surface area (Å²) in [4.78, 5) is 25.5. The second kappa shape index (κ2) is 7.11. The van der Waals surface area contributed by atoms with Crippen molar-refractivity contribution >= 4 is 5.91 Å². The van der Waals surface area contributed by atoms with Crippen molar-refractivity contribution in [3.63, 3.8) is 0 Å².